The van der Waals surface area contributed by atoms with E-state index in [1.807, 2.05) is 6.07 Å². The largest absolute Gasteiger partial charge is 0.490 e. The Labute approximate surface area is 223 Å². The molecule has 3 aromatic carbocycles. The van der Waals surface area contributed by atoms with E-state index in [1.54, 1.807) is 24.3 Å². The second kappa shape index (κ2) is 10.00. The van der Waals surface area contributed by atoms with Crippen LogP contribution in [0.15, 0.2) is 66.7 Å². The third-order valence-corrected chi connectivity index (χ3v) is 8.48. The van der Waals surface area contributed by atoms with Crippen LogP contribution in [-0.2, 0) is 0 Å². The Morgan fingerprint density at radius 2 is 1.15 bits per heavy atom. The molecule has 0 saturated heterocycles. The van der Waals surface area contributed by atoms with Crippen LogP contribution in [0.1, 0.15) is 6.92 Å². The fourth-order valence-electron chi connectivity index (χ4n) is 3.72. The molecule has 0 aliphatic carbocycles. The Morgan fingerprint density at radius 1 is 0.625 bits per heavy atom. The molecule has 0 bridgehead atoms. The maximum absolute atomic E-state index is 13.0. The topological polar surface area (TPSA) is 58.9 Å². The maximum Gasteiger partial charge on any atom is 0.429 e. The monoisotopic (exact) mass is 599 g/mol. The summed E-state index contributed by atoms with van der Waals surface area (Å²) in [7, 11) is -0.791. The molecule has 216 valence electrons. The third kappa shape index (κ3) is 5.39. The van der Waals surface area contributed by atoms with Crippen molar-refractivity contribution in [3.63, 3.8) is 0 Å². The normalized spacial score (nSPS) is 15.3. The van der Waals surface area contributed by atoms with Gasteiger partial charge in [-0.1, -0.05) is 12.1 Å². The summed E-state index contributed by atoms with van der Waals surface area (Å²) in [5.74, 6) is -0.262. The SMILES string of the molecule is CC(O)(COc1ccc2c(c1)c1ccccc1[s+]2-c1ccc(OCC(O)(C(F)(F)F)C(F)(F)F)cc1)C(F)(F)F. The molecule has 0 radical (unpaired) electrons. The van der Waals surface area contributed by atoms with Crippen LogP contribution in [0.4, 0.5) is 39.5 Å². The summed E-state index contributed by atoms with van der Waals surface area (Å²) < 4.78 is 128. The highest BCUT2D eigenvalue weighted by molar-refractivity contribution is 7.50. The Kier molecular flexibility index (Phi) is 7.43. The van der Waals surface area contributed by atoms with E-state index in [0.717, 1.165) is 14.8 Å². The number of benzene rings is 3. The average molecular weight is 599 g/mol. The third-order valence-electron chi connectivity index (χ3n) is 6.14. The van der Waals surface area contributed by atoms with Crippen LogP contribution in [0.3, 0.4) is 0 Å². The fourth-order valence-corrected chi connectivity index (χ4v) is 6.08. The molecule has 1 heterocycles. The Hall–Kier alpha value is -3.23. The summed E-state index contributed by atoms with van der Waals surface area (Å²) in [6.07, 6.45) is -16.9. The summed E-state index contributed by atoms with van der Waals surface area (Å²) in [6.45, 7) is -2.55. The Bertz CT molecular complexity index is 1490. The minimum Gasteiger partial charge on any atom is -0.490 e. The lowest BCUT2D eigenvalue weighted by molar-refractivity contribution is -0.373. The summed E-state index contributed by atoms with van der Waals surface area (Å²) >= 11 is 0. The van der Waals surface area contributed by atoms with Crippen molar-refractivity contribution < 1.29 is 59.2 Å². The molecular formula is C26H20F9O4S+. The molecule has 0 aliphatic rings. The van der Waals surface area contributed by atoms with Crippen LogP contribution in [0.5, 0.6) is 11.5 Å². The van der Waals surface area contributed by atoms with Gasteiger partial charge < -0.3 is 19.7 Å². The van der Waals surface area contributed by atoms with Gasteiger partial charge in [0.2, 0.25) is 0 Å². The zero-order valence-corrected chi connectivity index (χ0v) is 21.1. The van der Waals surface area contributed by atoms with E-state index in [9.17, 15) is 49.7 Å². The lowest BCUT2D eigenvalue weighted by atomic mass is 10.0. The van der Waals surface area contributed by atoms with Crippen molar-refractivity contribution in [1.82, 2.24) is 0 Å². The smallest absolute Gasteiger partial charge is 0.429 e. The number of alkyl halides is 9. The van der Waals surface area contributed by atoms with Gasteiger partial charge in [-0.05, 0) is 43.3 Å². The standard InChI is InChI=1S/C26H20F9O4S/c1-22(36,24(27,28)29)13-38-16-8-11-21-19(12-16)18-4-2-3-5-20(18)40(21)17-9-6-15(7-10-17)39-14-23(37,25(30,31)32)26(33,34)35/h2-12,36-37H,13-14H2,1H3/q+1. The number of fused-ring (bicyclic) bond motifs is 3. The van der Waals surface area contributed by atoms with E-state index < -0.39 is 53.4 Å². The van der Waals surface area contributed by atoms with E-state index in [1.165, 1.54) is 36.4 Å². The molecular weight excluding hydrogens is 579 g/mol. The fraction of sp³-hybridized carbons (Fsp3) is 0.308. The molecule has 2 unspecified atom stereocenters. The van der Waals surface area contributed by atoms with Crippen molar-refractivity contribution in [2.75, 3.05) is 13.2 Å². The zero-order chi connectivity index (χ0) is 29.7. The first-order chi connectivity index (χ1) is 18.4. The molecule has 40 heavy (non-hydrogen) atoms. The minimum atomic E-state index is -6.02. The molecule has 4 rings (SSSR count). The van der Waals surface area contributed by atoms with E-state index in [0.29, 0.717) is 17.2 Å². The van der Waals surface area contributed by atoms with Gasteiger partial charge in [-0.15, -0.1) is 0 Å². The summed E-state index contributed by atoms with van der Waals surface area (Å²) in [5.41, 5.74) is -8.13. The first kappa shape index (κ1) is 29.7. The van der Waals surface area contributed by atoms with Gasteiger partial charge in [0.05, 0.1) is 5.39 Å². The van der Waals surface area contributed by atoms with E-state index in [4.69, 9.17) is 4.74 Å². The number of rotatable bonds is 7. The van der Waals surface area contributed by atoms with Gasteiger partial charge in [0.15, 0.2) is 19.9 Å². The lowest BCUT2D eigenvalue weighted by Gasteiger charge is -2.31. The highest BCUT2D eigenvalue weighted by Crippen LogP contribution is 2.49. The maximum atomic E-state index is 13.0. The molecule has 0 aliphatic heterocycles. The average Bonchev–Trinajstić information content (AvgIpc) is 3.18. The summed E-state index contributed by atoms with van der Waals surface area (Å²) in [6, 6.07) is 16.9. The van der Waals surface area contributed by atoms with Crippen LogP contribution in [0.25, 0.3) is 25.1 Å². The van der Waals surface area contributed by atoms with Crippen molar-refractivity contribution >= 4 is 30.6 Å². The molecule has 4 nitrogen and oxygen atoms in total. The second-order valence-electron chi connectivity index (χ2n) is 9.14. The second-order valence-corrected chi connectivity index (χ2v) is 11.1. The molecule has 0 fully saturated rings. The van der Waals surface area contributed by atoms with E-state index in [2.05, 4.69) is 4.74 Å². The predicted molar refractivity (Wildman–Crippen MR) is 130 cm³/mol. The van der Waals surface area contributed by atoms with Gasteiger partial charge in [-0.3, -0.25) is 0 Å². The van der Waals surface area contributed by atoms with Gasteiger partial charge in [0.25, 0.3) is 5.60 Å². The molecule has 1 aromatic heterocycles. The number of halogens is 9. The van der Waals surface area contributed by atoms with Crippen LogP contribution in [0, 0.1) is 0 Å². The van der Waals surface area contributed by atoms with Crippen molar-refractivity contribution in [3.05, 3.63) is 66.7 Å². The van der Waals surface area contributed by atoms with Crippen LogP contribution < -0.4 is 9.47 Å². The molecule has 0 amide bonds. The minimum absolute atomic E-state index is 0.0779. The van der Waals surface area contributed by atoms with Gasteiger partial charge in [0.1, 0.15) is 24.7 Å². The Morgan fingerprint density at radius 3 is 1.73 bits per heavy atom. The quantitative estimate of drug-likeness (QED) is 0.169. The molecule has 0 saturated carbocycles. The van der Waals surface area contributed by atoms with Crippen LogP contribution in [0.2, 0.25) is 0 Å². The van der Waals surface area contributed by atoms with Crippen molar-refractivity contribution in [1.29, 1.82) is 0 Å². The van der Waals surface area contributed by atoms with E-state index in [-0.39, 0.29) is 11.5 Å². The zero-order valence-electron chi connectivity index (χ0n) is 20.3. The molecule has 4 aromatic rings. The summed E-state index contributed by atoms with van der Waals surface area (Å²) in [5, 5.41) is 20.3. The van der Waals surface area contributed by atoms with Crippen molar-refractivity contribution in [3.8, 4) is 16.4 Å². The van der Waals surface area contributed by atoms with E-state index >= 15 is 0 Å². The van der Waals surface area contributed by atoms with Crippen molar-refractivity contribution in [2.45, 2.75) is 36.7 Å². The van der Waals surface area contributed by atoms with Gasteiger partial charge in [-0.2, -0.15) is 39.5 Å². The summed E-state index contributed by atoms with van der Waals surface area (Å²) in [4.78, 5) is 0.620. The highest BCUT2D eigenvalue weighted by atomic mass is 32.2. The lowest BCUT2D eigenvalue weighted by Crippen LogP contribution is -2.60. The number of ether oxygens (including phenoxy) is 2. The number of aliphatic hydroxyl groups is 2. The highest BCUT2D eigenvalue weighted by Gasteiger charge is 2.71. The molecule has 2 N–H and O–H groups in total. The first-order valence-corrected chi connectivity index (χ1v) is 12.6. The van der Waals surface area contributed by atoms with Crippen LogP contribution >= 0.6 is 10.5 Å². The van der Waals surface area contributed by atoms with Gasteiger partial charge in [-0.25, -0.2) is 0 Å². The van der Waals surface area contributed by atoms with Crippen molar-refractivity contribution in [2.24, 2.45) is 0 Å². The number of hydrogen-bond donors (Lipinski definition) is 2. The van der Waals surface area contributed by atoms with Gasteiger partial charge in [0, 0.05) is 34.1 Å². The van der Waals surface area contributed by atoms with Crippen LogP contribution in [-0.4, -0.2) is 53.2 Å². The molecule has 2 atom stereocenters. The number of hydrogen-bond acceptors (Lipinski definition) is 4. The van der Waals surface area contributed by atoms with Gasteiger partial charge >= 0.3 is 18.5 Å². The first-order valence-electron chi connectivity index (χ1n) is 11.3. The molecule has 14 heteroatoms. The molecule has 0 spiro atoms. The predicted octanol–water partition coefficient (Wildman–Crippen LogP) is 7.66. The Balaban J connectivity index is 1.65. The number of thiophene rings is 1.